The lowest BCUT2D eigenvalue weighted by atomic mass is 9.90. The standard InChI is InChI=1S/C16H22Cl2N4O2.2ClH/c1-24-16(2-4-19-5-3-16)15(23)22-8-6-21(7-9-22)14-13(18)10-12(17)11-20-14;;/h10-11,19H,2-9H2,1H3;2*1H. The summed E-state index contributed by atoms with van der Waals surface area (Å²) in [6.07, 6.45) is 3.02. The molecule has 26 heavy (non-hydrogen) atoms. The Hall–Kier alpha value is -0.500. The van der Waals surface area contributed by atoms with Crippen LogP contribution in [0, 0.1) is 0 Å². The van der Waals surface area contributed by atoms with Gasteiger partial charge >= 0.3 is 0 Å². The summed E-state index contributed by atoms with van der Waals surface area (Å²) in [4.78, 5) is 21.3. The molecule has 0 saturated carbocycles. The molecule has 0 radical (unpaired) electrons. The lowest BCUT2D eigenvalue weighted by Gasteiger charge is -2.42. The Balaban J connectivity index is 0.00000169. The molecule has 1 N–H and O–H groups in total. The van der Waals surface area contributed by atoms with Crippen LogP contribution in [0.2, 0.25) is 10.0 Å². The summed E-state index contributed by atoms with van der Waals surface area (Å²) in [5.74, 6) is 0.817. The first-order valence-electron chi connectivity index (χ1n) is 8.17. The van der Waals surface area contributed by atoms with Gasteiger partial charge in [0.05, 0.1) is 10.0 Å². The average Bonchev–Trinajstić information content (AvgIpc) is 2.62. The van der Waals surface area contributed by atoms with Crippen molar-refractivity contribution < 1.29 is 9.53 Å². The minimum Gasteiger partial charge on any atom is -0.368 e. The molecule has 0 spiro atoms. The second kappa shape index (κ2) is 10.2. The van der Waals surface area contributed by atoms with Gasteiger partial charge in [-0.05, 0) is 32.0 Å². The van der Waals surface area contributed by atoms with Crippen molar-refractivity contribution in [1.29, 1.82) is 0 Å². The Morgan fingerprint density at radius 3 is 2.35 bits per heavy atom. The SMILES string of the molecule is COC1(C(=O)N2CCN(c3ncc(Cl)cc3Cl)CC2)CCNCC1.Cl.Cl. The molecule has 1 aromatic rings. The third-order valence-electron chi connectivity index (χ3n) is 4.85. The molecule has 2 aliphatic rings. The first-order valence-corrected chi connectivity index (χ1v) is 8.92. The van der Waals surface area contributed by atoms with Crippen LogP contribution in [0.25, 0.3) is 0 Å². The van der Waals surface area contributed by atoms with Crippen LogP contribution >= 0.6 is 48.0 Å². The minimum absolute atomic E-state index is 0. The third kappa shape index (κ3) is 4.86. The number of rotatable bonds is 3. The number of piperidine rings is 1. The average molecular weight is 446 g/mol. The molecule has 0 bridgehead atoms. The number of hydrogen-bond acceptors (Lipinski definition) is 5. The lowest BCUT2D eigenvalue weighted by molar-refractivity contribution is -0.158. The van der Waals surface area contributed by atoms with E-state index in [2.05, 4.69) is 15.2 Å². The number of carbonyl (C=O) groups excluding carboxylic acids is 1. The second-order valence-electron chi connectivity index (χ2n) is 6.19. The van der Waals surface area contributed by atoms with Crippen molar-refractivity contribution in [2.24, 2.45) is 0 Å². The number of carbonyl (C=O) groups is 1. The van der Waals surface area contributed by atoms with E-state index in [1.807, 2.05) is 4.90 Å². The van der Waals surface area contributed by atoms with E-state index < -0.39 is 5.60 Å². The number of pyridine rings is 1. The molecule has 148 valence electrons. The number of halogens is 4. The molecule has 2 saturated heterocycles. The highest BCUT2D eigenvalue weighted by atomic mass is 35.5. The van der Waals surface area contributed by atoms with Crippen LogP contribution < -0.4 is 10.2 Å². The maximum absolute atomic E-state index is 13.0. The van der Waals surface area contributed by atoms with Gasteiger partial charge in [-0.15, -0.1) is 24.8 Å². The number of piperazine rings is 1. The van der Waals surface area contributed by atoms with Crippen molar-refractivity contribution in [3.63, 3.8) is 0 Å². The van der Waals surface area contributed by atoms with E-state index >= 15 is 0 Å². The summed E-state index contributed by atoms with van der Waals surface area (Å²) < 4.78 is 5.64. The fourth-order valence-corrected chi connectivity index (χ4v) is 3.89. The first kappa shape index (κ1) is 23.5. The molecule has 0 aliphatic carbocycles. The van der Waals surface area contributed by atoms with E-state index in [-0.39, 0.29) is 30.7 Å². The fraction of sp³-hybridized carbons (Fsp3) is 0.625. The zero-order valence-electron chi connectivity index (χ0n) is 14.5. The normalized spacial score (nSPS) is 19.3. The fourth-order valence-electron chi connectivity index (χ4n) is 3.39. The van der Waals surface area contributed by atoms with Crippen molar-refractivity contribution in [2.45, 2.75) is 18.4 Å². The van der Waals surface area contributed by atoms with Gasteiger partial charge in [-0.3, -0.25) is 4.79 Å². The van der Waals surface area contributed by atoms with Gasteiger partial charge in [0.1, 0.15) is 11.4 Å². The van der Waals surface area contributed by atoms with Crippen molar-refractivity contribution in [2.75, 3.05) is 51.3 Å². The van der Waals surface area contributed by atoms with Gasteiger partial charge in [-0.25, -0.2) is 4.98 Å². The van der Waals surface area contributed by atoms with Gasteiger partial charge in [-0.1, -0.05) is 23.2 Å². The van der Waals surface area contributed by atoms with Gasteiger partial charge in [0.2, 0.25) is 0 Å². The summed E-state index contributed by atoms with van der Waals surface area (Å²) in [6.45, 7) is 4.28. The Morgan fingerprint density at radius 2 is 1.81 bits per heavy atom. The number of hydrogen-bond donors (Lipinski definition) is 1. The van der Waals surface area contributed by atoms with E-state index in [4.69, 9.17) is 27.9 Å². The van der Waals surface area contributed by atoms with Gasteiger partial charge in [0.15, 0.2) is 0 Å². The van der Waals surface area contributed by atoms with Crippen LogP contribution in [0.4, 0.5) is 5.82 Å². The molecular formula is C16H24Cl4N4O2. The summed E-state index contributed by atoms with van der Waals surface area (Å²) in [6, 6.07) is 1.69. The molecule has 3 rings (SSSR count). The maximum Gasteiger partial charge on any atom is 0.255 e. The molecule has 6 nitrogen and oxygen atoms in total. The van der Waals surface area contributed by atoms with Gasteiger partial charge in [0.25, 0.3) is 5.91 Å². The number of aromatic nitrogens is 1. The topological polar surface area (TPSA) is 57.7 Å². The smallest absolute Gasteiger partial charge is 0.255 e. The first-order chi connectivity index (χ1) is 11.6. The zero-order chi connectivity index (χ0) is 17.2. The molecule has 1 amide bonds. The van der Waals surface area contributed by atoms with Crippen LogP contribution in [-0.2, 0) is 9.53 Å². The Morgan fingerprint density at radius 1 is 1.19 bits per heavy atom. The highest BCUT2D eigenvalue weighted by Crippen LogP contribution is 2.29. The molecule has 0 aromatic carbocycles. The summed E-state index contributed by atoms with van der Waals surface area (Å²) in [5.41, 5.74) is -0.677. The lowest BCUT2D eigenvalue weighted by Crippen LogP contribution is -2.59. The van der Waals surface area contributed by atoms with Crippen LogP contribution in [0.15, 0.2) is 12.3 Å². The van der Waals surface area contributed by atoms with Crippen LogP contribution in [-0.4, -0.2) is 67.8 Å². The van der Waals surface area contributed by atoms with Crippen LogP contribution in [0.5, 0.6) is 0 Å². The molecule has 10 heteroatoms. The van der Waals surface area contributed by atoms with Crippen LogP contribution in [0.1, 0.15) is 12.8 Å². The molecule has 1 aromatic heterocycles. The molecular weight excluding hydrogens is 422 g/mol. The number of nitrogens with zero attached hydrogens (tertiary/aromatic N) is 3. The number of ether oxygens (including phenoxy) is 1. The summed E-state index contributed by atoms with van der Waals surface area (Å²) in [5, 5.41) is 4.33. The number of anilines is 1. The molecule has 2 aliphatic heterocycles. The van der Waals surface area contributed by atoms with E-state index in [0.717, 1.165) is 18.9 Å². The number of amides is 1. The van der Waals surface area contributed by atoms with Crippen molar-refractivity contribution in [3.8, 4) is 0 Å². The predicted octanol–water partition coefficient (Wildman–Crippen LogP) is 2.65. The Labute approximate surface area is 176 Å². The van der Waals surface area contributed by atoms with Crippen molar-refractivity contribution in [1.82, 2.24) is 15.2 Å². The van der Waals surface area contributed by atoms with Crippen molar-refractivity contribution >= 4 is 59.7 Å². The molecule has 0 atom stereocenters. The predicted molar refractivity (Wildman–Crippen MR) is 109 cm³/mol. The van der Waals surface area contributed by atoms with E-state index in [0.29, 0.717) is 49.1 Å². The summed E-state index contributed by atoms with van der Waals surface area (Å²) >= 11 is 12.1. The largest absolute Gasteiger partial charge is 0.368 e. The molecule has 3 heterocycles. The van der Waals surface area contributed by atoms with Gasteiger partial charge in [0, 0.05) is 39.5 Å². The van der Waals surface area contributed by atoms with E-state index in [1.54, 1.807) is 19.4 Å². The summed E-state index contributed by atoms with van der Waals surface area (Å²) in [7, 11) is 1.64. The van der Waals surface area contributed by atoms with E-state index in [1.165, 1.54) is 0 Å². The zero-order valence-corrected chi connectivity index (χ0v) is 17.7. The second-order valence-corrected chi connectivity index (χ2v) is 7.03. The van der Waals surface area contributed by atoms with Crippen molar-refractivity contribution in [3.05, 3.63) is 22.3 Å². The number of methoxy groups -OCH3 is 1. The quantitative estimate of drug-likeness (QED) is 0.774. The maximum atomic E-state index is 13.0. The monoisotopic (exact) mass is 444 g/mol. The minimum atomic E-state index is -0.677. The van der Waals surface area contributed by atoms with E-state index in [9.17, 15) is 4.79 Å². The highest BCUT2D eigenvalue weighted by Gasteiger charge is 2.43. The molecule has 2 fully saturated rings. The highest BCUT2D eigenvalue weighted by molar-refractivity contribution is 6.36. The number of nitrogens with one attached hydrogen (secondary N) is 1. The Bertz CT molecular complexity index is 606. The van der Waals surface area contributed by atoms with Gasteiger partial charge in [-0.2, -0.15) is 0 Å². The third-order valence-corrected chi connectivity index (χ3v) is 5.33. The Kier molecular flexibility index (Phi) is 9.19. The molecule has 0 unspecified atom stereocenters. The van der Waals surface area contributed by atoms with Crippen LogP contribution in [0.3, 0.4) is 0 Å². The van der Waals surface area contributed by atoms with Gasteiger partial charge < -0.3 is 19.9 Å².